The molecule has 0 unspecified atom stereocenters. The number of rotatable bonds is 8. The summed E-state index contributed by atoms with van der Waals surface area (Å²) in [5, 5.41) is 5.57. The molecule has 0 saturated heterocycles. The maximum atomic E-state index is 12.8. The Balaban J connectivity index is 1.98. The zero-order valence-electron chi connectivity index (χ0n) is 18.1. The minimum Gasteiger partial charge on any atom is -0.350 e. The molecule has 0 atom stereocenters. The maximum Gasteiger partial charge on any atom is 0.240 e. The maximum absolute atomic E-state index is 12.8. The monoisotopic (exact) mass is 410 g/mol. The molecule has 0 bridgehead atoms. The van der Waals surface area contributed by atoms with E-state index in [2.05, 4.69) is 15.6 Å². The van der Waals surface area contributed by atoms with Crippen LogP contribution in [-0.2, 0) is 20.9 Å². The molecule has 2 rings (SSSR count). The molecule has 1 heterocycles. The molecule has 7 nitrogen and oxygen atoms in total. The number of carbonyl (C=O) groups is 3. The van der Waals surface area contributed by atoms with Crippen molar-refractivity contribution >= 4 is 23.5 Å². The molecule has 160 valence electrons. The van der Waals surface area contributed by atoms with Gasteiger partial charge < -0.3 is 15.5 Å². The third kappa shape index (κ3) is 8.43. The normalized spacial score (nSPS) is 10.9. The highest BCUT2D eigenvalue weighted by atomic mass is 16.2. The van der Waals surface area contributed by atoms with Crippen LogP contribution in [0.5, 0.6) is 0 Å². The molecule has 7 heteroatoms. The SMILES string of the molecule is Cc1ccnc(NC(=O)CCC(=O)N(CC(=O)NC(C)(C)C)Cc2ccccc2)c1. The second-order valence-electron chi connectivity index (χ2n) is 8.30. The van der Waals surface area contributed by atoms with Gasteiger partial charge in [0.05, 0.1) is 6.54 Å². The van der Waals surface area contributed by atoms with E-state index in [0.717, 1.165) is 11.1 Å². The van der Waals surface area contributed by atoms with Crippen molar-refractivity contribution < 1.29 is 14.4 Å². The van der Waals surface area contributed by atoms with Crippen molar-refractivity contribution in [1.29, 1.82) is 0 Å². The number of benzene rings is 1. The number of nitrogens with zero attached hydrogens (tertiary/aromatic N) is 2. The molecule has 0 spiro atoms. The predicted octanol–water partition coefficient (Wildman–Crippen LogP) is 3.05. The van der Waals surface area contributed by atoms with Crippen LogP contribution in [0.3, 0.4) is 0 Å². The Bertz CT molecular complexity index is 876. The van der Waals surface area contributed by atoms with Crippen LogP contribution in [-0.4, -0.2) is 39.7 Å². The molecule has 1 aromatic heterocycles. The molecule has 2 aromatic rings. The third-order valence-corrected chi connectivity index (χ3v) is 4.17. The van der Waals surface area contributed by atoms with Crippen LogP contribution < -0.4 is 10.6 Å². The van der Waals surface area contributed by atoms with E-state index in [1.807, 2.05) is 64.1 Å². The standard InChI is InChI=1S/C23H30N4O3/c1-17-12-13-24-19(14-17)25-20(28)10-11-22(30)27(15-18-8-6-5-7-9-18)16-21(29)26-23(2,3)4/h5-9,12-14H,10-11,15-16H2,1-4H3,(H,26,29)(H,24,25,28). The molecule has 1 aromatic carbocycles. The Morgan fingerprint density at radius 1 is 1.00 bits per heavy atom. The fourth-order valence-corrected chi connectivity index (χ4v) is 2.86. The van der Waals surface area contributed by atoms with Crippen molar-refractivity contribution in [2.24, 2.45) is 0 Å². The van der Waals surface area contributed by atoms with Gasteiger partial charge in [0.15, 0.2) is 0 Å². The van der Waals surface area contributed by atoms with E-state index in [1.54, 1.807) is 12.3 Å². The lowest BCUT2D eigenvalue weighted by Gasteiger charge is -2.26. The van der Waals surface area contributed by atoms with Crippen molar-refractivity contribution in [1.82, 2.24) is 15.2 Å². The average Bonchev–Trinajstić information content (AvgIpc) is 2.65. The second-order valence-corrected chi connectivity index (χ2v) is 8.30. The van der Waals surface area contributed by atoms with Crippen molar-refractivity contribution in [2.45, 2.75) is 52.6 Å². The van der Waals surface area contributed by atoms with Gasteiger partial charge in [0.1, 0.15) is 5.82 Å². The van der Waals surface area contributed by atoms with Gasteiger partial charge in [-0.2, -0.15) is 0 Å². The van der Waals surface area contributed by atoms with Gasteiger partial charge >= 0.3 is 0 Å². The smallest absolute Gasteiger partial charge is 0.240 e. The molecule has 0 fully saturated rings. The molecule has 0 saturated carbocycles. The van der Waals surface area contributed by atoms with Crippen molar-refractivity contribution in [3.8, 4) is 0 Å². The minimum atomic E-state index is -0.390. The summed E-state index contributed by atoms with van der Waals surface area (Å²) in [6, 6.07) is 13.1. The number of hydrogen-bond acceptors (Lipinski definition) is 4. The third-order valence-electron chi connectivity index (χ3n) is 4.17. The first-order valence-corrected chi connectivity index (χ1v) is 9.97. The minimum absolute atomic E-state index is 0.00722. The van der Waals surface area contributed by atoms with Gasteiger partial charge in [-0.05, 0) is 51.0 Å². The summed E-state index contributed by atoms with van der Waals surface area (Å²) in [4.78, 5) is 43.0. The summed E-state index contributed by atoms with van der Waals surface area (Å²) < 4.78 is 0. The Kier molecular flexibility index (Phi) is 8.09. The molecule has 0 aliphatic rings. The highest BCUT2D eigenvalue weighted by molar-refractivity contribution is 5.93. The molecule has 30 heavy (non-hydrogen) atoms. The lowest BCUT2D eigenvalue weighted by molar-refractivity contribution is -0.137. The number of carbonyl (C=O) groups excluding carboxylic acids is 3. The van der Waals surface area contributed by atoms with E-state index in [4.69, 9.17) is 0 Å². The highest BCUT2D eigenvalue weighted by Crippen LogP contribution is 2.10. The van der Waals surface area contributed by atoms with Crippen LogP contribution >= 0.6 is 0 Å². The summed E-state index contributed by atoms with van der Waals surface area (Å²) in [7, 11) is 0. The molecule has 0 aliphatic carbocycles. The number of aromatic nitrogens is 1. The number of aryl methyl sites for hydroxylation is 1. The summed E-state index contributed by atoms with van der Waals surface area (Å²) in [5.41, 5.74) is 1.51. The molecule has 0 aliphatic heterocycles. The van der Waals surface area contributed by atoms with Crippen LogP contribution in [0.15, 0.2) is 48.7 Å². The Morgan fingerprint density at radius 2 is 1.70 bits per heavy atom. The highest BCUT2D eigenvalue weighted by Gasteiger charge is 2.21. The van der Waals surface area contributed by atoms with E-state index in [1.165, 1.54) is 4.90 Å². The molecular formula is C23H30N4O3. The molecule has 2 N–H and O–H groups in total. The summed E-state index contributed by atoms with van der Waals surface area (Å²) >= 11 is 0. The van der Waals surface area contributed by atoms with E-state index < -0.39 is 0 Å². The van der Waals surface area contributed by atoms with Crippen LogP contribution in [0.4, 0.5) is 5.82 Å². The fraction of sp³-hybridized carbons (Fsp3) is 0.391. The summed E-state index contributed by atoms with van der Waals surface area (Å²) in [6.45, 7) is 7.81. The number of anilines is 1. The predicted molar refractivity (Wildman–Crippen MR) is 117 cm³/mol. The van der Waals surface area contributed by atoms with Gasteiger partial charge in [-0.3, -0.25) is 14.4 Å². The van der Waals surface area contributed by atoms with Gasteiger partial charge in [0, 0.05) is 31.1 Å². The molecule has 0 radical (unpaired) electrons. The number of pyridine rings is 1. The Hall–Kier alpha value is -3.22. The van der Waals surface area contributed by atoms with Crippen molar-refractivity contribution in [2.75, 3.05) is 11.9 Å². The van der Waals surface area contributed by atoms with Gasteiger partial charge in [-0.1, -0.05) is 30.3 Å². The number of hydrogen-bond donors (Lipinski definition) is 2. The fourth-order valence-electron chi connectivity index (χ4n) is 2.86. The Morgan fingerprint density at radius 3 is 2.33 bits per heavy atom. The van der Waals surface area contributed by atoms with Gasteiger partial charge in [-0.25, -0.2) is 4.98 Å². The first-order chi connectivity index (χ1) is 14.1. The quantitative estimate of drug-likeness (QED) is 0.700. The second kappa shape index (κ2) is 10.5. The van der Waals surface area contributed by atoms with Crippen LogP contribution in [0, 0.1) is 6.92 Å². The van der Waals surface area contributed by atoms with E-state index in [-0.39, 0.29) is 42.6 Å². The summed E-state index contributed by atoms with van der Waals surface area (Å²) in [6.07, 6.45) is 1.64. The topological polar surface area (TPSA) is 91.4 Å². The van der Waals surface area contributed by atoms with Gasteiger partial charge in [-0.15, -0.1) is 0 Å². The van der Waals surface area contributed by atoms with Crippen molar-refractivity contribution in [3.05, 3.63) is 59.8 Å². The lowest BCUT2D eigenvalue weighted by Crippen LogP contribution is -2.47. The van der Waals surface area contributed by atoms with Crippen molar-refractivity contribution in [3.63, 3.8) is 0 Å². The Labute approximate surface area is 177 Å². The van der Waals surface area contributed by atoms with E-state index in [9.17, 15) is 14.4 Å². The van der Waals surface area contributed by atoms with Crippen LogP contribution in [0.25, 0.3) is 0 Å². The van der Waals surface area contributed by atoms with Crippen LogP contribution in [0.1, 0.15) is 44.7 Å². The average molecular weight is 411 g/mol. The number of nitrogens with one attached hydrogen (secondary N) is 2. The van der Waals surface area contributed by atoms with E-state index >= 15 is 0 Å². The zero-order chi connectivity index (χ0) is 22.1. The molecular weight excluding hydrogens is 380 g/mol. The number of amides is 3. The van der Waals surface area contributed by atoms with Gasteiger partial charge in [0.2, 0.25) is 17.7 Å². The zero-order valence-corrected chi connectivity index (χ0v) is 18.1. The van der Waals surface area contributed by atoms with Gasteiger partial charge in [0.25, 0.3) is 0 Å². The van der Waals surface area contributed by atoms with E-state index in [0.29, 0.717) is 12.4 Å². The first kappa shape index (κ1) is 23.1. The van der Waals surface area contributed by atoms with Crippen LogP contribution in [0.2, 0.25) is 0 Å². The lowest BCUT2D eigenvalue weighted by atomic mass is 10.1. The molecule has 3 amide bonds. The first-order valence-electron chi connectivity index (χ1n) is 9.97. The largest absolute Gasteiger partial charge is 0.350 e. The summed E-state index contributed by atoms with van der Waals surface area (Å²) in [5.74, 6) is -0.325.